The van der Waals surface area contributed by atoms with Crippen molar-refractivity contribution in [3.8, 4) is 5.75 Å². The highest BCUT2D eigenvalue weighted by Crippen LogP contribution is 2.11. The van der Waals surface area contributed by atoms with E-state index >= 15 is 0 Å². The van der Waals surface area contributed by atoms with Crippen molar-refractivity contribution in [1.29, 1.82) is 0 Å². The molecule has 0 amide bonds. The van der Waals surface area contributed by atoms with Crippen molar-refractivity contribution in [2.45, 2.75) is 0 Å². The third-order valence-electron chi connectivity index (χ3n) is 2.80. The van der Waals surface area contributed by atoms with E-state index < -0.39 is 0 Å². The zero-order chi connectivity index (χ0) is 12.1. The number of aromatic hydroxyl groups is 1. The zero-order valence-corrected chi connectivity index (χ0v) is 9.54. The number of hydrogen-bond donors (Lipinski definition) is 2. The summed E-state index contributed by atoms with van der Waals surface area (Å²) in [7, 11) is 0. The van der Waals surface area contributed by atoms with E-state index in [1.807, 2.05) is 0 Å². The molecule has 2 rings (SSSR count). The van der Waals surface area contributed by atoms with E-state index in [1.54, 1.807) is 24.3 Å². The minimum Gasteiger partial charge on any atom is -0.508 e. The van der Waals surface area contributed by atoms with Gasteiger partial charge in [0.25, 0.3) is 0 Å². The molecule has 92 valence electrons. The second-order valence-electron chi connectivity index (χ2n) is 3.98. The maximum absolute atomic E-state index is 9.20. The fourth-order valence-electron chi connectivity index (χ4n) is 1.81. The molecule has 0 unspecified atom stereocenters. The van der Waals surface area contributed by atoms with Crippen molar-refractivity contribution in [1.82, 2.24) is 4.90 Å². The Hall–Kier alpha value is -1.59. The first-order chi connectivity index (χ1) is 8.29. The van der Waals surface area contributed by atoms with Crippen LogP contribution in [0.15, 0.2) is 29.4 Å². The fourth-order valence-corrected chi connectivity index (χ4v) is 1.81. The number of ether oxygens (including phenoxy) is 1. The van der Waals surface area contributed by atoms with Crippen molar-refractivity contribution >= 4 is 5.71 Å². The Bertz CT molecular complexity index is 383. The van der Waals surface area contributed by atoms with E-state index in [9.17, 15) is 5.11 Å². The Balaban J connectivity index is 2.03. The molecule has 1 saturated heterocycles. The van der Waals surface area contributed by atoms with Crippen LogP contribution in [0, 0.1) is 0 Å². The molecular formula is C12H16N2O3. The maximum atomic E-state index is 9.20. The first-order valence-electron chi connectivity index (χ1n) is 5.60. The summed E-state index contributed by atoms with van der Waals surface area (Å²) in [6, 6.07) is 6.65. The summed E-state index contributed by atoms with van der Waals surface area (Å²) in [6.45, 7) is 3.71. The van der Waals surface area contributed by atoms with E-state index in [0.29, 0.717) is 25.5 Å². The molecule has 1 aliphatic heterocycles. The first-order valence-corrected chi connectivity index (χ1v) is 5.60. The molecule has 0 saturated carbocycles. The second-order valence-corrected chi connectivity index (χ2v) is 3.98. The van der Waals surface area contributed by atoms with Gasteiger partial charge in [-0.2, -0.15) is 0 Å². The molecule has 0 radical (unpaired) electrons. The van der Waals surface area contributed by atoms with Gasteiger partial charge >= 0.3 is 0 Å². The van der Waals surface area contributed by atoms with Crippen LogP contribution in [0.2, 0.25) is 0 Å². The van der Waals surface area contributed by atoms with Crippen molar-refractivity contribution < 1.29 is 15.1 Å². The van der Waals surface area contributed by atoms with E-state index in [4.69, 9.17) is 9.94 Å². The van der Waals surface area contributed by atoms with Gasteiger partial charge in [0.2, 0.25) is 0 Å². The van der Waals surface area contributed by atoms with Crippen LogP contribution in [0.25, 0.3) is 0 Å². The van der Waals surface area contributed by atoms with Crippen LogP contribution in [0.1, 0.15) is 5.56 Å². The summed E-state index contributed by atoms with van der Waals surface area (Å²) < 4.78 is 5.26. The van der Waals surface area contributed by atoms with Crippen LogP contribution in [0.3, 0.4) is 0 Å². The Morgan fingerprint density at radius 3 is 2.47 bits per heavy atom. The Kier molecular flexibility index (Phi) is 3.95. The summed E-state index contributed by atoms with van der Waals surface area (Å²) >= 11 is 0. The lowest BCUT2D eigenvalue weighted by atomic mass is 10.1. The summed E-state index contributed by atoms with van der Waals surface area (Å²) in [5.41, 5.74) is 1.42. The van der Waals surface area contributed by atoms with Crippen LogP contribution in [-0.4, -0.2) is 53.8 Å². The SMILES string of the molecule is ON=C(CN1CCOCC1)c1ccc(O)cc1. The molecule has 1 aromatic rings. The van der Waals surface area contributed by atoms with Crippen LogP contribution < -0.4 is 0 Å². The van der Waals surface area contributed by atoms with Crippen LogP contribution in [0.4, 0.5) is 0 Å². The fraction of sp³-hybridized carbons (Fsp3) is 0.417. The molecular weight excluding hydrogens is 220 g/mol. The average Bonchev–Trinajstić information content (AvgIpc) is 2.38. The monoisotopic (exact) mass is 236 g/mol. The average molecular weight is 236 g/mol. The van der Waals surface area contributed by atoms with Crippen molar-refractivity contribution in [3.63, 3.8) is 0 Å². The zero-order valence-electron chi connectivity index (χ0n) is 9.54. The van der Waals surface area contributed by atoms with Gasteiger partial charge in [0.1, 0.15) is 11.5 Å². The summed E-state index contributed by atoms with van der Waals surface area (Å²) in [6.07, 6.45) is 0. The number of hydrogen-bond acceptors (Lipinski definition) is 5. The Morgan fingerprint density at radius 1 is 1.24 bits per heavy atom. The van der Waals surface area contributed by atoms with Crippen molar-refractivity contribution in [2.24, 2.45) is 5.16 Å². The lowest BCUT2D eigenvalue weighted by Crippen LogP contribution is -2.39. The molecule has 5 heteroatoms. The number of phenols is 1. The summed E-state index contributed by atoms with van der Waals surface area (Å²) in [5, 5.41) is 21.6. The number of phenolic OH excluding ortho intramolecular Hbond substituents is 1. The van der Waals surface area contributed by atoms with Gasteiger partial charge in [-0.05, 0) is 24.3 Å². The van der Waals surface area contributed by atoms with E-state index in [0.717, 1.165) is 18.7 Å². The standard InChI is InChI=1S/C12H16N2O3/c15-11-3-1-10(2-4-11)12(13-16)9-14-5-7-17-8-6-14/h1-4,15-16H,5-9H2. The molecule has 0 aliphatic carbocycles. The van der Waals surface area contributed by atoms with Crippen molar-refractivity contribution in [2.75, 3.05) is 32.8 Å². The van der Waals surface area contributed by atoms with E-state index in [2.05, 4.69) is 10.1 Å². The Labute approximate surface area is 99.9 Å². The third kappa shape index (κ3) is 3.18. The minimum atomic E-state index is 0.206. The van der Waals surface area contributed by atoms with Gasteiger partial charge in [0.05, 0.1) is 13.2 Å². The molecule has 0 aromatic heterocycles. The number of oxime groups is 1. The van der Waals surface area contributed by atoms with Gasteiger partial charge in [-0.3, -0.25) is 4.90 Å². The number of benzene rings is 1. The molecule has 0 bridgehead atoms. The molecule has 2 N–H and O–H groups in total. The van der Waals surface area contributed by atoms with Crippen LogP contribution in [-0.2, 0) is 4.74 Å². The highest BCUT2D eigenvalue weighted by Gasteiger charge is 2.14. The van der Waals surface area contributed by atoms with E-state index in [1.165, 1.54) is 0 Å². The molecule has 0 spiro atoms. The van der Waals surface area contributed by atoms with Crippen LogP contribution >= 0.6 is 0 Å². The van der Waals surface area contributed by atoms with Gasteiger partial charge in [0, 0.05) is 25.2 Å². The van der Waals surface area contributed by atoms with Crippen molar-refractivity contribution in [3.05, 3.63) is 29.8 Å². The smallest absolute Gasteiger partial charge is 0.115 e. The lowest BCUT2D eigenvalue weighted by molar-refractivity contribution is 0.0450. The van der Waals surface area contributed by atoms with Gasteiger partial charge < -0.3 is 15.1 Å². The van der Waals surface area contributed by atoms with E-state index in [-0.39, 0.29) is 5.75 Å². The topological polar surface area (TPSA) is 65.3 Å². The highest BCUT2D eigenvalue weighted by atomic mass is 16.5. The quantitative estimate of drug-likeness (QED) is 0.465. The third-order valence-corrected chi connectivity index (χ3v) is 2.80. The predicted molar refractivity (Wildman–Crippen MR) is 63.7 cm³/mol. The van der Waals surface area contributed by atoms with Gasteiger partial charge in [0.15, 0.2) is 0 Å². The van der Waals surface area contributed by atoms with Gasteiger partial charge in [-0.1, -0.05) is 5.16 Å². The molecule has 0 atom stereocenters. The highest BCUT2D eigenvalue weighted by molar-refractivity contribution is 6.01. The predicted octanol–water partition coefficient (Wildman–Crippen LogP) is 0.903. The maximum Gasteiger partial charge on any atom is 0.115 e. The Morgan fingerprint density at radius 2 is 1.88 bits per heavy atom. The normalized spacial score (nSPS) is 18.2. The molecule has 17 heavy (non-hydrogen) atoms. The second kappa shape index (κ2) is 5.65. The molecule has 5 nitrogen and oxygen atoms in total. The van der Waals surface area contributed by atoms with Gasteiger partial charge in [-0.25, -0.2) is 0 Å². The molecule has 1 aliphatic rings. The summed E-state index contributed by atoms with van der Waals surface area (Å²) in [4.78, 5) is 2.17. The lowest BCUT2D eigenvalue weighted by Gasteiger charge is -2.26. The molecule has 1 aromatic carbocycles. The number of morpholine rings is 1. The summed E-state index contributed by atoms with van der Waals surface area (Å²) in [5.74, 6) is 0.206. The molecule has 1 heterocycles. The largest absolute Gasteiger partial charge is 0.508 e. The van der Waals surface area contributed by atoms with Crippen LogP contribution in [0.5, 0.6) is 5.75 Å². The van der Waals surface area contributed by atoms with Gasteiger partial charge in [-0.15, -0.1) is 0 Å². The molecule has 1 fully saturated rings. The minimum absolute atomic E-state index is 0.206. The number of rotatable bonds is 3. The number of nitrogens with zero attached hydrogens (tertiary/aromatic N) is 2. The first kappa shape index (κ1) is 11.9.